The van der Waals surface area contributed by atoms with Crippen molar-refractivity contribution in [3.05, 3.63) is 34.3 Å². The Hall–Kier alpha value is -1.56. The van der Waals surface area contributed by atoms with Gasteiger partial charge in [0.1, 0.15) is 11.9 Å². The number of pyridine rings is 1. The van der Waals surface area contributed by atoms with E-state index in [1.807, 2.05) is 23.1 Å². The highest BCUT2D eigenvalue weighted by atomic mass is 35.5. The maximum absolute atomic E-state index is 12.4. The summed E-state index contributed by atoms with van der Waals surface area (Å²) in [6.45, 7) is 3.55. The number of anilines is 1. The van der Waals surface area contributed by atoms with Crippen molar-refractivity contribution in [1.29, 1.82) is 0 Å². The van der Waals surface area contributed by atoms with Crippen molar-refractivity contribution in [2.75, 3.05) is 37.7 Å². The lowest BCUT2D eigenvalue weighted by atomic mass is 10.2. The van der Waals surface area contributed by atoms with Gasteiger partial charge in [-0.25, -0.2) is 4.98 Å². The molecule has 1 aromatic heterocycles. The summed E-state index contributed by atoms with van der Waals surface area (Å²) >= 11 is 12.4. The molecule has 2 aliphatic rings. The van der Waals surface area contributed by atoms with Gasteiger partial charge in [-0.2, -0.15) is 0 Å². The molecular weight excluding hydrogens is 361 g/mol. The van der Waals surface area contributed by atoms with E-state index >= 15 is 0 Å². The minimum absolute atomic E-state index is 0.124. The van der Waals surface area contributed by atoms with Gasteiger partial charge in [0.2, 0.25) is 0 Å². The number of carbonyl (C=O) groups excluding carboxylic acids is 1. The molecule has 5 nitrogen and oxygen atoms in total. The molecule has 2 fully saturated rings. The summed E-state index contributed by atoms with van der Waals surface area (Å²) in [5, 5.41) is 1.95. The molecule has 4 rings (SSSR count). The molecule has 2 aliphatic heterocycles. The smallest absolute Gasteiger partial charge is 0.251 e. The molecule has 2 saturated heterocycles. The van der Waals surface area contributed by atoms with Gasteiger partial charge in [0, 0.05) is 38.2 Å². The number of hydrogen-bond acceptors (Lipinski definition) is 4. The zero-order valence-electron chi connectivity index (χ0n) is 13.8. The van der Waals surface area contributed by atoms with Crippen LogP contribution in [0.2, 0.25) is 10.0 Å². The summed E-state index contributed by atoms with van der Waals surface area (Å²) in [6.07, 6.45) is 1.57. The van der Waals surface area contributed by atoms with Crippen LogP contribution in [0, 0.1) is 0 Å². The Kier molecular flexibility index (Phi) is 4.71. The second kappa shape index (κ2) is 6.98. The number of aromatic nitrogens is 1. The molecule has 3 heterocycles. The third kappa shape index (κ3) is 3.28. The molecule has 2 aromatic rings. The number of amides is 1. The first-order chi connectivity index (χ1) is 12.1. The summed E-state index contributed by atoms with van der Waals surface area (Å²) < 4.78 is 5.51. The molecule has 1 aromatic carbocycles. The molecular formula is C18H19Cl2N3O2. The van der Waals surface area contributed by atoms with Gasteiger partial charge in [-0.05, 0) is 31.0 Å². The van der Waals surface area contributed by atoms with E-state index in [1.165, 1.54) is 0 Å². The van der Waals surface area contributed by atoms with Crippen LogP contribution in [0.4, 0.5) is 5.82 Å². The molecule has 0 aliphatic carbocycles. The zero-order valence-corrected chi connectivity index (χ0v) is 15.3. The Bertz CT molecular complexity index is 800. The predicted octanol–water partition coefficient (Wildman–Crippen LogP) is 3.37. The van der Waals surface area contributed by atoms with Crippen LogP contribution in [-0.4, -0.2) is 54.7 Å². The van der Waals surface area contributed by atoms with E-state index in [2.05, 4.69) is 9.88 Å². The summed E-state index contributed by atoms with van der Waals surface area (Å²) in [7, 11) is 0. The minimum Gasteiger partial charge on any atom is -0.368 e. The average Bonchev–Trinajstić information content (AvgIpc) is 3.19. The molecule has 1 unspecified atom stereocenters. The van der Waals surface area contributed by atoms with E-state index in [0.717, 1.165) is 37.1 Å². The fraction of sp³-hybridized carbons (Fsp3) is 0.444. The number of hydrogen-bond donors (Lipinski definition) is 0. The van der Waals surface area contributed by atoms with E-state index < -0.39 is 0 Å². The van der Waals surface area contributed by atoms with Gasteiger partial charge in [-0.1, -0.05) is 29.3 Å². The zero-order chi connectivity index (χ0) is 17.4. The number of ether oxygens (including phenoxy) is 1. The second-order valence-electron chi connectivity index (χ2n) is 6.42. The number of benzene rings is 1. The quantitative estimate of drug-likeness (QED) is 0.802. The first-order valence-electron chi connectivity index (χ1n) is 8.53. The Labute approximate surface area is 156 Å². The summed E-state index contributed by atoms with van der Waals surface area (Å²) in [4.78, 5) is 21.2. The van der Waals surface area contributed by atoms with Gasteiger partial charge >= 0.3 is 0 Å². The van der Waals surface area contributed by atoms with Crippen molar-refractivity contribution in [3.63, 3.8) is 0 Å². The van der Waals surface area contributed by atoms with Crippen LogP contribution in [0.5, 0.6) is 0 Å². The molecule has 7 heteroatoms. The van der Waals surface area contributed by atoms with E-state index in [0.29, 0.717) is 35.3 Å². The Morgan fingerprint density at radius 3 is 2.60 bits per heavy atom. The molecule has 1 amide bonds. The Balaban J connectivity index is 1.48. The van der Waals surface area contributed by atoms with Gasteiger partial charge in [0.25, 0.3) is 5.91 Å². The number of carbonyl (C=O) groups is 1. The standard InChI is InChI=1S/C18H19Cl2N3O2/c19-13-5-3-12-4-6-15(21-17(12)16(13)20)22-7-9-23(10-8-22)18(24)14-2-1-11-25-14/h3-6,14H,1-2,7-11H2. The molecule has 0 spiro atoms. The SMILES string of the molecule is O=C(C1CCCO1)N1CCN(c2ccc3ccc(Cl)c(Cl)c3n2)CC1. The predicted molar refractivity (Wildman–Crippen MR) is 99.5 cm³/mol. The normalized spacial score (nSPS) is 21.1. The molecule has 132 valence electrons. The van der Waals surface area contributed by atoms with Crippen molar-refractivity contribution in [2.24, 2.45) is 0 Å². The van der Waals surface area contributed by atoms with Gasteiger partial charge in [-0.3, -0.25) is 4.79 Å². The number of nitrogens with zero attached hydrogens (tertiary/aromatic N) is 3. The van der Waals surface area contributed by atoms with Crippen molar-refractivity contribution in [2.45, 2.75) is 18.9 Å². The summed E-state index contributed by atoms with van der Waals surface area (Å²) in [5.74, 6) is 0.985. The topological polar surface area (TPSA) is 45.7 Å². The van der Waals surface area contributed by atoms with Crippen molar-refractivity contribution < 1.29 is 9.53 Å². The van der Waals surface area contributed by atoms with Crippen LogP contribution < -0.4 is 4.90 Å². The lowest BCUT2D eigenvalue weighted by Gasteiger charge is -2.36. The third-order valence-electron chi connectivity index (χ3n) is 4.86. The molecule has 0 radical (unpaired) electrons. The van der Waals surface area contributed by atoms with Gasteiger partial charge in [0.05, 0.1) is 15.6 Å². The fourth-order valence-electron chi connectivity index (χ4n) is 3.43. The number of piperazine rings is 1. The van der Waals surface area contributed by atoms with Crippen LogP contribution in [0.25, 0.3) is 10.9 Å². The van der Waals surface area contributed by atoms with Crippen LogP contribution >= 0.6 is 23.2 Å². The van der Waals surface area contributed by atoms with E-state index in [1.54, 1.807) is 6.07 Å². The minimum atomic E-state index is -0.244. The highest BCUT2D eigenvalue weighted by Gasteiger charge is 2.30. The first-order valence-corrected chi connectivity index (χ1v) is 9.29. The fourth-order valence-corrected chi connectivity index (χ4v) is 3.79. The Morgan fingerprint density at radius 1 is 1.12 bits per heavy atom. The van der Waals surface area contributed by atoms with Crippen molar-refractivity contribution in [3.8, 4) is 0 Å². The molecule has 25 heavy (non-hydrogen) atoms. The van der Waals surface area contributed by atoms with Crippen LogP contribution in [0.3, 0.4) is 0 Å². The van der Waals surface area contributed by atoms with Gasteiger partial charge < -0.3 is 14.5 Å². The molecule has 1 atom stereocenters. The average molecular weight is 380 g/mol. The van der Waals surface area contributed by atoms with E-state index in [4.69, 9.17) is 27.9 Å². The lowest BCUT2D eigenvalue weighted by molar-refractivity contribution is -0.141. The summed E-state index contributed by atoms with van der Waals surface area (Å²) in [5.41, 5.74) is 0.713. The molecule has 0 saturated carbocycles. The molecule has 0 N–H and O–H groups in total. The van der Waals surface area contributed by atoms with Gasteiger partial charge in [-0.15, -0.1) is 0 Å². The van der Waals surface area contributed by atoms with Gasteiger partial charge in [0.15, 0.2) is 0 Å². The highest BCUT2D eigenvalue weighted by Crippen LogP contribution is 2.31. The van der Waals surface area contributed by atoms with E-state index in [9.17, 15) is 4.79 Å². The molecule has 0 bridgehead atoms. The van der Waals surface area contributed by atoms with Crippen molar-refractivity contribution in [1.82, 2.24) is 9.88 Å². The number of fused-ring (bicyclic) bond motifs is 1. The summed E-state index contributed by atoms with van der Waals surface area (Å²) in [6, 6.07) is 7.69. The third-order valence-corrected chi connectivity index (χ3v) is 5.65. The van der Waals surface area contributed by atoms with Crippen molar-refractivity contribution >= 4 is 45.8 Å². The first kappa shape index (κ1) is 16.9. The van der Waals surface area contributed by atoms with E-state index in [-0.39, 0.29) is 12.0 Å². The maximum Gasteiger partial charge on any atom is 0.251 e. The lowest BCUT2D eigenvalue weighted by Crippen LogP contribution is -2.51. The Morgan fingerprint density at radius 2 is 1.88 bits per heavy atom. The second-order valence-corrected chi connectivity index (χ2v) is 7.20. The number of halogens is 2. The van der Waals surface area contributed by atoms with Crippen LogP contribution in [0.1, 0.15) is 12.8 Å². The number of rotatable bonds is 2. The maximum atomic E-state index is 12.4. The largest absolute Gasteiger partial charge is 0.368 e. The van der Waals surface area contributed by atoms with Crippen LogP contribution in [0.15, 0.2) is 24.3 Å². The van der Waals surface area contributed by atoms with Crippen LogP contribution in [-0.2, 0) is 9.53 Å². The highest BCUT2D eigenvalue weighted by molar-refractivity contribution is 6.45. The monoisotopic (exact) mass is 379 g/mol.